The van der Waals surface area contributed by atoms with Crippen molar-refractivity contribution in [3.05, 3.63) is 24.2 Å². The highest BCUT2D eigenvalue weighted by atomic mass is 35.5. The predicted molar refractivity (Wildman–Crippen MR) is 78.2 cm³/mol. The molecule has 0 amide bonds. The molecule has 2 heterocycles. The Morgan fingerprint density at radius 1 is 1.47 bits per heavy atom. The van der Waals surface area contributed by atoms with Crippen LogP contribution < -0.4 is 4.90 Å². The molecule has 1 fully saturated rings. The first-order valence-electron chi connectivity index (χ1n) is 6.87. The highest BCUT2D eigenvalue weighted by Gasteiger charge is 2.31. The largest absolute Gasteiger partial charge is 0.351 e. The zero-order valence-corrected chi connectivity index (χ0v) is 12.1. The summed E-state index contributed by atoms with van der Waals surface area (Å²) in [5, 5.41) is 4.61. The topological polar surface area (TPSA) is 33.4 Å². The quantitative estimate of drug-likeness (QED) is 0.788. The van der Waals surface area contributed by atoms with Gasteiger partial charge in [0.05, 0.1) is 5.69 Å². The van der Waals surface area contributed by atoms with Gasteiger partial charge in [-0.25, -0.2) is 9.50 Å². The minimum Gasteiger partial charge on any atom is -0.351 e. The van der Waals surface area contributed by atoms with Crippen molar-refractivity contribution in [3.63, 3.8) is 0 Å². The molecule has 1 saturated carbocycles. The Bertz CT molecular complexity index is 574. The van der Waals surface area contributed by atoms with Gasteiger partial charge >= 0.3 is 0 Å². The maximum Gasteiger partial charge on any atom is 0.154 e. The van der Waals surface area contributed by atoms with Crippen LogP contribution >= 0.6 is 11.6 Å². The standard InChI is InChI=1S/C14H19ClN4/c1-10(2)12-9-13-14(16-6-8-19(13)17-12)18(7-5-15)11-3-4-11/h6,8-11H,3-5,7H2,1-2H3. The fourth-order valence-corrected chi connectivity index (χ4v) is 2.55. The number of nitrogens with zero attached hydrogens (tertiary/aromatic N) is 4. The molecule has 2 aromatic heterocycles. The summed E-state index contributed by atoms with van der Waals surface area (Å²) in [6.07, 6.45) is 6.22. The minimum atomic E-state index is 0.426. The van der Waals surface area contributed by atoms with E-state index in [1.165, 1.54) is 12.8 Å². The molecule has 0 spiro atoms. The Morgan fingerprint density at radius 2 is 2.26 bits per heavy atom. The van der Waals surface area contributed by atoms with Crippen LogP contribution in [0.25, 0.3) is 5.52 Å². The molecule has 102 valence electrons. The first kappa shape index (κ1) is 12.7. The van der Waals surface area contributed by atoms with Gasteiger partial charge in [-0.3, -0.25) is 0 Å². The first-order chi connectivity index (χ1) is 9.20. The van der Waals surface area contributed by atoms with Gasteiger partial charge in [-0.05, 0) is 24.8 Å². The second-order valence-electron chi connectivity index (χ2n) is 5.42. The van der Waals surface area contributed by atoms with Crippen molar-refractivity contribution in [2.75, 3.05) is 17.3 Å². The Hall–Kier alpha value is -1.29. The van der Waals surface area contributed by atoms with Crippen LogP contribution in [-0.2, 0) is 0 Å². The van der Waals surface area contributed by atoms with Gasteiger partial charge in [-0.2, -0.15) is 5.10 Å². The summed E-state index contributed by atoms with van der Waals surface area (Å²) in [5.41, 5.74) is 2.19. The van der Waals surface area contributed by atoms with E-state index in [9.17, 15) is 0 Å². The smallest absolute Gasteiger partial charge is 0.154 e. The monoisotopic (exact) mass is 278 g/mol. The zero-order chi connectivity index (χ0) is 13.4. The van der Waals surface area contributed by atoms with E-state index < -0.39 is 0 Å². The zero-order valence-electron chi connectivity index (χ0n) is 11.4. The van der Waals surface area contributed by atoms with Crippen molar-refractivity contribution in [2.24, 2.45) is 0 Å². The van der Waals surface area contributed by atoms with E-state index in [1.54, 1.807) is 0 Å². The highest BCUT2D eigenvalue weighted by Crippen LogP contribution is 2.33. The molecule has 1 aliphatic carbocycles. The number of fused-ring (bicyclic) bond motifs is 1. The third kappa shape index (κ3) is 2.41. The van der Waals surface area contributed by atoms with E-state index in [0.29, 0.717) is 17.8 Å². The van der Waals surface area contributed by atoms with E-state index in [1.807, 2.05) is 16.9 Å². The predicted octanol–water partition coefficient (Wildman–Crippen LogP) is 3.06. The second kappa shape index (κ2) is 5.00. The maximum atomic E-state index is 5.93. The van der Waals surface area contributed by atoms with Gasteiger partial charge in [0.1, 0.15) is 5.52 Å². The average Bonchev–Trinajstić information content (AvgIpc) is 3.13. The molecule has 0 N–H and O–H groups in total. The Balaban J connectivity index is 2.06. The lowest BCUT2D eigenvalue weighted by molar-refractivity contribution is 0.779. The van der Waals surface area contributed by atoms with Gasteiger partial charge in [0, 0.05) is 30.9 Å². The van der Waals surface area contributed by atoms with Crippen LogP contribution in [0.2, 0.25) is 0 Å². The lowest BCUT2D eigenvalue weighted by atomic mass is 10.1. The number of anilines is 1. The second-order valence-corrected chi connectivity index (χ2v) is 5.80. The van der Waals surface area contributed by atoms with Gasteiger partial charge in [0.15, 0.2) is 5.82 Å². The lowest BCUT2D eigenvalue weighted by Crippen LogP contribution is -2.29. The van der Waals surface area contributed by atoms with Crippen LogP contribution in [0.1, 0.15) is 38.3 Å². The van der Waals surface area contributed by atoms with E-state index in [-0.39, 0.29) is 0 Å². The SMILES string of the molecule is CC(C)c1cc2c(N(CCCl)C3CC3)nccn2n1. The molecule has 3 rings (SSSR count). The van der Waals surface area contributed by atoms with Gasteiger partial charge in [0.2, 0.25) is 0 Å². The van der Waals surface area contributed by atoms with E-state index in [4.69, 9.17) is 11.6 Å². The van der Waals surface area contributed by atoms with Crippen molar-refractivity contribution < 1.29 is 0 Å². The van der Waals surface area contributed by atoms with Crippen LogP contribution in [0, 0.1) is 0 Å². The van der Waals surface area contributed by atoms with Crippen LogP contribution in [0.15, 0.2) is 18.5 Å². The summed E-state index contributed by atoms with van der Waals surface area (Å²) in [6, 6.07) is 2.76. The van der Waals surface area contributed by atoms with Crippen LogP contribution in [0.3, 0.4) is 0 Å². The number of aromatic nitrogens is 3. The summed E-state index contributed by atoms with van der Waals surface area (Å²) in [4.78, 5) is 6.89. The summed E-state index contributed by atoms with van der Waals surface area (Å²) in [5.74, 6) is 2.07. The average molecular weight is 279 g/mol. The van der Waals surface area contributed by atoms with Gasteiger partial charge in [-0.1, -0.05) is 13.8 Å². The van der Waals surface area contributed by atoms with Crippen LogP contribution in [0.4, 0.5) is 5.82 Å². The van der Waals surface area contributed by atoms with Crippen LogP contribution in [0.5, 0.6) is 0 Å². The molecule has 0 aliphatic heterocycles. The summed E-state index contributed by atoms with van der Waals surface area (Å²) in [7, 11) is 0. The molecule has 19 heavy (non-hydrogen) atoms. The molecule has 4 nitrogen and oxygen atoms in total. The molecule has 0 atom stereocenters. The Morgan fingerprint density at radius 3 is 2.89 bits per heavy atom. The third-order valence-corrected chi connectivity index (χ3v) is 3.73. The molecule has 5 heteroatoms. The summed E-state index contributed by atoms with van der Waals surface area (Å²) >= 11 is 5.93. The van der Waals surface area contributed by atoms with Gasteiger partial charge in [0.25, 0.3) is 0 Å². The van der Waals surface area contributed by atoms with E-state index in [2.05, 4.69) is 34.9 Å². The molecular formula is C14H19ClN4. The first-order valence-corrected chi connectivity index (χ1v) is 7.41. The number of rotatable bonds is 5. The summed E-state index contributed by atoms with van der Waals surface area (Å²) < 4.78 is 1.93. The van der Waals surface area contributed by atoms with Crippen molar-refractivity contribution in [1.29, 1.82) is 0 Å². The number of hydrogen-bond acceptors (Lipinski definition) is 3. The Kier molecular flexibility index (Phi) is 3.35. The van der Waals surface area contributed by atoms with Gasteiger partial charge in [-0.15, -0.1) is 11.6 Å². The Labute approximate surface area is 118 Å². The summed E-state index contributed by atoms with van der Waals surface area (Å²) in [6.45, 7) is 5.17. The van der Waals surface area contributed by atoms with Crippen LogP contribution in [-0.4, -0.2) is 33.1 Å². The van der Waals surface area contributed by atoms with Crippen molar-refractivity contribution in [3.8, 4) is 0 Å². The number of alkyl halides is 1. The normalized spacial score (nSPS) is 15.4. The molecule has 0 unspecified atom stereocenters. The van der Waals surface area contributed by atoms with E-state index in [0.717, 1.165) is 23.6 Å². The van der Waals surface area contributed by atoms with E-state index >= 15 is 0 Å². The fraction of sp³-hybridized carbons (Fsp3) is 0.571. The third-order valence-electron chi connectivity index (χ3n) is 3.57. The molecule has 0 radical (unpaired) electrons. The fourth-order valence-electron chi connectivity index (χ4n) is 2.37. The maximum absolute atomic E-state index is 5.93. The lowest BCUT2D eigenvalue weighted by Gasteiger charge is -2.22. The highest BCUT2D eigenvalue weighted by molar-refractivity contribution is 6.18. The minimum absolute atomic E-state index is 0.426. The van der Waals surface area contributed by atoms with Crippen molar-refractivity contribution in [2.45, 2.75) is 38.6 Å². The number of hydrogen-bond donors (Lipinski definition) is 0. The van der Waals surface area contributed by atoms with Crippen molar-refractivity contribution in [1.82, 2.24) is 14.6 Å². The molecule has 1 aliphatic rings. The van der Waals surface area contributed by atoms with Crippen molar-refractivity contribution >= 4 is 22.9 Å². The molecule has 0 saturated heterocycles. The molecule has 0 aromatic carbocycles. The number of halogens is 1. The van der Waals surface area contributed by atoms with Gasteiger partial charge < -0.3 is 4.90 Å². The molecular weight excluding hydrogens is 260 g/mol. The molecule has 2 aromatic rings. The molecule has 0 bridgehead atoms.